The number of ether oxygens (including phenoxy) is 1. The van der Waals surface area contributed by atoms with Gasteiger partial charge in [-0.1, -0.05) is 36.4 Å². The molecule has 1 heterocycles. The van der Waals surface area contributed by atoms with E-state index in [1.165, 1.54) is 0 Å². The van der Waals surface area contributed by atoms with Crippen molar-refractivity contribution in [1.82, 2.24) is 4.98 Å². The largest absolute Gasteiger partial charge is 0.494 e. The summed E-state index contributed by atoms with van der Waals surface area (Å²) in [4.78, 5) is 6.83. The maximum atomic E-state index is 11.6. The monoisotopic (exact) mass is 407 g/mol. The summed E-state index contributed by atoms with van der Waals surface area (Å²) in [5.74, 6) is 0.561. The molecule has 0 saturated carbocycles. The first-order chi connectivity index (χ1) is 13.9. The molecule has 0 aliphatic heterocycles. The molecule has 1 N–H and O–H groups in total. The third kappa shape index (κ3) is 3.69. The number of fused-ring (bicyclic) bond motifs is 2. The molecule has 0 saturated heterocycles. The zero-order valence-electron chi connectivity index (χ0n) is 16.4. The summed E-state index contributed by atoms with van der Waals surface area (Å²) in [6, 6.07) is 21.3. The molecule has 0 aliphatic rings. The van der Waals surface area contributed by atoms with E-state index in [-0.39, 0.29) is 0 Å². The molecule has 0 amide bonds. The summed E-state index contributed by atoms with van der Waals surface area (Å²) in [5, 5.41) is 2.04. The van der Waals surface area contributed by atoms with Crippen molar-refractivity contribution in [2.75, 3.05) is 30.0 Å². The standard InChI is InChI=1S/C22H21N3O3S/c1-25(20-13-12-15(14-21(20)28-2)24-29(3,26)27)22-16-8-4-6-10-18(16)23-19-11-7-5-9-17(19)22/h4-14,24H,1-3H3. The van der Waals surface area contributed by atoms with Crippen molar-refractivity contribution in [3.8, 4) is 5.75 Å². The number of rotatable bonds is 5. The van der Waals surface area contributed by atoms with Gasteiger partial charge in [0.05, 0.1) is 41.5 Å². The Morgan fingerprint density at radius 1 is 0.931 bits per heavy atom. The molecule has 0 unspecified atom stereocenters. The Balaban J connectivity index is 1.92. The Morgan fingerprint density at radius 3 is 2.07 bits per heavy atom. The summed E-state index contributed by atoms with van der Waals surface area (Å²) < 4.78 is 31.2. The van der Waals surface area contributed by atoms with Gasteiger partial charge >= 0.3 is 0 Å². The smallest absolute Gasteiger partial charge is 0.229 e. The van der Waals surface area contributed by atoms with E-state index in [0.717, 1.165) is 39.4 Å². The van der Waals surface area contributed by atoms with Crippen LogP contribution in [0.4, 0.5) is 17.1 Å². The highest BCUT2D eigenvalue weighted by Crippen LogP contribution is 2.41. The molecule has 29 heavy (non-hydrogen) atoms. The van der Waals surface area contributed by atoms with E-state index >= 15 is 0 Å². The van der Waals surface area contributed by atoms with Crippen molar-refractivity contribution in [3.63, 3.8) is 0 Å². The molecule has 7 heteroatoms. The predicted molar refractivity (Wildman–Crippen MR) is 119 cm³/mol. The lowest BCUT2D eigenvalue weighted by Crippen LogP contribution is -2.13. The number of methoxy groups -OCH3 is 1. The summed E-state index contributed by atoms with van der Waals surface area (Å²) in [5.41, 5.74) is 4.08. The van der Waals surface area contributed by atoms with Crippen molar-refractivity contribution >= 4 is 48.9 Å². The van der Waals surface area contributed by atoms with Gasteiger partial charge < -0.3 is 9.64 Å². The molecule has 0 bridgehead atoms. The van der Waals surface area contributed by atoms with E-state index in [1.54, 1.807) is 19.2 Å². The van der Waals surface area contributed by atoms with Gasteiger partial charge in [-0.15, -0.1) is 0 Å². The minimum Gasteiger partial charge on any atom is -0.494 e. The Labute approximate surface area is 169 Å². The van der Waals surface area contributed by atoms with E-state index in [0.29, 0.717) is 11.4 Å². The number of nitrogens with zero attached hydrogens (tertiary/aromatic N) is 2. The van der Waals surface area contributed by atoms with Gasteiger partial charge in [0, 0.05) is 23.9 Å². The maximum absolute atomic E-state index is 11.6. The predicted octanol–water partition coefficient (Wildman–Crippen LogP) is 4.54. The lowest BCUT2D eigenvalue weighted by Gasteiger charge is -2.25. The Kier molecular flexibility index (Phi) is 4.76. The summed E-state index contributed by atoms with van der Waals surface area (Å²) in [7, 11) is 0.165. The van der Waals surface area contributed by atoms with Crippen molar-refractivity contribution in [2.24, 2.45) is 0 Å². The van der Waals surface area contributed by atoms with Gasteiger partial charge in [0.1, 0.15) is 5.75 Å². The minimum atomic E-state index is -3.37. The highest BCUT2D eigenvalue weighted by Gasteiger charge is 2.17. The molecule has 6 nitrogen and oxygen atoms in total. The van der Waals surface area contributed by atoms with Crippen LogP contribution in [0.25, 0.3) is 21.8 Å². The fourth-order valence-electron chi connectivity index (χ4n) is 3.53. The number of nitrogens with one attached hydrogen (secondary N) is 1. The molecule has 0 fully saturated rings. The Bertz CT molecular complexity index is 1270. The van der Waals surface area contributed by atoms with Crippen LogP contribution in [-0.4, -0.2) is 33.8 Å². The maximum Gasteiger partial charge on any atom is 0.229 e. The van der Waals surface area contributed by atoms with Crippen molar-refractivity contribution in [3.05, 3.63) is 66.7 Å². The number of aromatic nitrogens is 1. The van der Waals surface area contributed by atoms with Crippen LogP contribution in [-0.2, 0) is 10.0 Å². The quantitative estimate of drug-likeness (QED) is 0.492. The van der Waals surface area contributed by atoms with E-state index in [2.05, 4.69) is 9.62 Å². The summed E-state index contributed by atoms with van der Waals surface area (Å²) >= 11 is 0. The average molecular weight is 407 g/mol. The first-order valence-electron chi connectivity index (χ1n) is 9.04. The van der Waals surface area contributed by atoms with Crippen LogP contribution in [0, 0.1) is 0 Å². The molecule has 4 aromatic rings. The number of pyridine rings is 1. The van der Waals surface area contributed by atoms with E-state index < -0.39 is 10.0 Å². The molecule has 4 rings (SSSR count). The van der Waals surface area contributed by atoms with E-state index in [9.17, 15) is 8.42 Å². The zero-order chi connectivity index (χ0) is 20.6. The normalized spacial score (nSPS) is 11.6. The highest BCUT2D eigenvalue weighted by atomic mass is 32.2. The molecule has 1 aromatic heterocycles. The lowest BCUT2D eigenvalue weighted by molar-refractivity contribution is 0.416. The minimum absolute atomic E-state index is 0.450. The van der Waals surface area contributed by atoms with Gasteiger partial charge in [-0.3, -0.25) is 4.72 Å². The average Bonchev–Trinajstić information content (AvgIpc) is 2.70. The third-order valence-corrected chi connectivity index (χ3v) is 5.35. The van der Waals surface area contributed by atoms with Gasteiger partial charge in [-0.25, -0.2) is 13.4 Å². The number of sulfonamides is 1. The second-order valence-electron chi connectivity index (χ2n) is 6.81. The zero-order valence-corrected chi connectivity index (χ0v) is 17.2. The second-order valence-corrected chi connectivity index (χ2v) is 8.56. The number of para-hydroxylation sites is 2. The molecule has 148 valence electrons. The van der Waals surface area contributed by atoms with Crippen LogP contribution in [0.15, 0.2) is 66.7 Å². The van der Waals surface area contributed by atoms with Crippen LogP contribution in [0.1, 0.15) is 0 Å². The number of hydrogen-bond donors (Lipinski definition) is 1. The fourth-order valence-corrected chi connectivity index (χ4v) is 4.09. The second kappa shape index (κ2) is 7.25. The third-order valence-electron chi connectivity index (χ3n) is 4.74. The SMILES string of the molecule is COc1cc(NS(C)(=O)=O)ccc1N(C)c1c2ccccc2nc2ccccc12. The molecular weight excluding hydrogens is 386 g/mol. The molecule has 3 aromatic carbocycles. The Morgan fingerprint density at radius 2 is 1.52 bits per heavy atom. The summed E-state index contributed by atoms with van der Waals surface area (Å²) in [6.45, 7) is 0. The van der Waals surface area contributed by atoms with Gasteiger partial charge in [-0.05, 0) is 24.3 Å². The van der Waals surface area contributed by atoms with Gasteiger partial charge in [0.25, 0.3) is 0 Å². The number of benzene rings is 3. The first-order valence-corrected chi connectivity index (χ1v) is 10.9. The van der Waals surface area contributed by atoms with E-state index in [1.807, 2.05) is 61.6 Å². The summed E-state index contributed by atoms with van der Waals surface area (Å²) in [6.07, 6.45) is 1.12. The van der Waals surface area contributed by atoms with Crippen molar-refractivity contribution in [1.29, 1.82) is 0 Å². The molecular formula is C22H21N3O3S. The molecule has 0 atom stereocenters. The molecule has 0 aliphatic carbocycles. The van der Waals surface area contributed by atoms with Crippen LogP contribution < -0.4 is 14.4 Å². The highest BCUT2D eigenvalue weighted by molar-refractivity contribution is 7.92. The van der Waals surface area contributed by atoms with Gasteiger partial charge in [0.2, 0.25) is 10.0 Å². The number of hydrogen-bond acceptors (Lipinski definition) is 5. The Hall–Kier alpha value is -3.32. The number of anilines is 3. The van der Waals surface area contributed by atoms with Crippen molar-refractivity contribution < 1.29 is 13.2 Å². The van der Waals surface area contributed by atoms with E-state index in [4.69, 9.17) is 9.72 Å². The first kappa shape index (κ1) is 19.0. The fraction of sp³-hybridized carbons (Fsp3) is 0.136. The van der Waals surface area contributed by atoms with Gasteiger partial charge in [0.15, 0.2) is 0 Å². The van der Waals surface area contributed by atoms with Gasteiger partial charge in [-0.2, -0.15) is 0 Å². The van der Waals surface area contributed by atoms with Crippen LogP contribution in [0.2, 0.25) is 0 Å². The van der Waals surface area contributed by atoms with Crippen LogP contribution in [0.3, 0.4) is 0 Å². The molecule has 0 spiro atoms. The van der Waals surface area contributed by atoms with Crippen LogP contribution >= 0.6 is 0 Å². The lowest BCUT2D eigenvalue weighted by atomic mass is 10.1. The van der Waals surface area contributed by atoms with Crippen LogP contribution in [0.5, 0.6) is 5.75 Å². The molecule has 0 radical (unpaired) electrons. The van der Waals surface area contributed by atoms with Crippen molar-refractivity contribution in [2.45, 2.75) is 0 Å². The topological polar surface area (TPSA) is 71.5 Å².